The SMILES string of the molecule is C[C@@H]([C@H](O)c1cccc(Cl)c1)S(C)(=O)=O. The highest BCUT2D eigenvalue weighted by Crippen LogP contribution is 2.23. The average molecular weight is 249 g/mol. The Morgan fingerprint density at radius 2 is 2.00 bits per heavy atom. The summed E-state index contributed by atoms with van der Waals surface area (Å²) in [6, 6.07) is 6.56. The molecule has 0 saturated heterocycles. The first kappa shape index (κ1) is 12.5. The summed E-state index contributed by atoms with van der Waals surface area (Å²) >= 11 is 5.75. The fourth-order valence-corrected chi connectivity index (χ4v) is 2.02. The molecule has 15 heavy (non-hydrogen) atoms. The second-order valence-corrected chi connectivity index (χ2v) is 6.37. The van der Waals surface area contributed by atoms with Gasteiger partial charge in [0.25, 0.3) is 0 Å². The van der Waals surface area contributed by atoms with Crippen LogP contribution in [-0.4, -0.2) is 25.0 Å². The molecule has 0 aliphatic rings. The first-order valence-electron chi connectivity index (χ1n) is 4.45. The summed E-state index contributed by atoms with van der Waals surface area (Å²) in [6.45, 7) is 1.47. The van der Waals surface area contributed by atoms with E-state index in [1.165, 1.54) is 6.92 Å². The molecule has 0 aromatic heterocycles. The van der Waals surface area contributed by atoms with Gasteiger partial charge in [0.1, 0.15) is 0 Å². The van der Waals surface area contributed by atoms with Crippen molar-refractivity contribution in [3.8, 4) is 0 Å². The molecule has 0 spiro atoms. The van der Waals surface area contributed by atoms with Crippen molar-refractivity contribution in [2.24, 2.45) is 0 Å². The number of halogens is 1. The smallest absolute Gasteiger partial charge is 0.152 e. The van der Waals surface area contributed by atoms with E-state index in [9.17, 15) is 13.5 Å². The third-order valence-electron chi connectivity index (χ3n) is 2.31. The molecule has 0 saturated carbocycles. The van der Waals surface area contributed by atoms with Gasteiger partial charge in [0.05, 0.1) is 11.4 Å². The molecule has 0 bridgehead atoms. The normalized spacial score (nSPS) is 16.0. The molecule has 3 nitrogen and oxygen atoms in total. The Bertz CT molecular complexity index is 442. The van der Waals surface area contributed by atoms with Crippen LogP contribution in [-0.2, 0) is 9.84 Å². The first-order chi connectivity index (χ1) is 6.82. The van der Waals surface area contributed by atoms with Gasteiger partial charge in [-0.15, -0.1) is 0 Å². The summed E-state index contributed by atoms with van der Waals surface area (Å²) in [5.41, 5.74) is 0.514. The molecule has 0 fully saturated rings. The largest absolute Gasteiger partial charge is 0.387 e. The molecular formula is C10H13ClO3S. The molecule has 1 N–H and O–H groups in total. The van der Waals surface area contributed by atoms with Gasteiger partial charge in [-0.1, -0.05) is 23.7 Å². The number of hydrogen-bond donors (Lipinski definition) is 1. The van der Waals surface area contributed by atoms with Crippen molar-refractivity contribution in [2.75, 3.05) is 6.26 Å². The van der Waals surface area contributed by atoms with Crippen LogP contribution in [0, 0.1) is 0 Å². The zero-order valence-electron chi connectivity index (χ0n) is 8.51. The van der Waals surface area contributed by atoms with E-state index < -0.39 is 21.2 Å². The van der Waals surface area contributed by atoms with Crippen molar-refractivity contribution < 1.29 is 13.5 Å². The van der Waals surface area contributed by atoms with Gasteiger partial charge in [0.15, 0.2) is 9.84 Å². The quantitative estimate of drug-likeness (QED) is 0.888. The maximum atomic E-state index is 11.2. The Hall–Kier alpha value is -0.580. The van der Waals surface area contributed by atoms with E-state index in [4.69, 9.17) is 11.6 Å². The first-order valence-corrected chi connectivity index (χ1v) is 6.78. The molecule has 1 aromatic carbocycles. The standard InChI is InChI=1S/C10H13ClO3S/c1-7(15(2,13)14)10(12)8-4-3-5-9(11)6-8/h3-7,10,12H,1-2H3/t7-,10-/m0/s1. The van der Waals surface area contributed by atoms with Gasteiger partial charge in [-0.05, 0) is 24.6 Å². The Labute approximate surface area is 94.6 Å². The minimum atomic E-state index is -3.26. The van der Waals surface area contributed by atoms with Crippen LogP contribution in [0.2, 0.25) is 5.02 Å². The van der Waals surface area contributed by atoms with Gasteiger partial charge in [-0.2, -0.15) is 0 Å². The molecule has 84 valence electrons. The second kappa shape index (κ2) is 4.51. The summed E-state index contributed by atoms with van der Waals surface area (Å²) in [6.07, 6.45) is 0.0597. The molecule has 2 atom stereocenters. The van der Waals surface area contributed by atoms with Crippen molar-refractivity contribution in [3.63, 3.8) is 0 Å². The molecule has 0 radical (unpaired) electrons. The van der Waals surface area contributed by atoms with Gasteiger partial charge in [0.2, 0.25) is 0 Å². The third kappa shape index (κ3) is 3.19. The third-order valence-corrected chi connectivity index (χ3v) is 4.15. The molecule has 0 amide bonds. The minimum Gasteiger partial charge on any atom is -0.387 e. The molecule has 1 rings (SSSR count). The minimum absolute atomic E-state index is 0.479. The van der Waals surface area contributed by atoms with E-state index in [1.807, 2.05) is 0 Å². The van der Waals surface area contributed by atoms with Gasteiger partial charge in [0, 0.05) is 11.3 Å². The summed E-state index contributed by atoms with van der Waals surface area (Å²) in [4.78, 5) is 0. The molecule has 0 aliphatic heterocycles. The van der Waals surface area contributed by atoms with Crippen LogP contribution in [0.5, 0.6) is 0 Å². The molecule has 5 heteroatoms. The lowest BCUT2D eigenvalue weighted by Gasteiger charge is -2.17. The zero-order chi connectivity index (χ0) is 11.6. The van der Waals surface area contributed by atoms with E-state index in [0.29, 0.717) is 10.6 Å². The van der Waals surface area contributed by atoms with Crippen molar-refractivity contribution in [1.29, 1.82) is 0 Å². The molecule has 0 aliphatic carbocycles. The molecular weight excluding hydrogens is 236 g/mol. The van der Waals surface area contributed by atoms with E-state index >= 15 is 0 Å². The topological polar surface area (TPSA) is 54.4 Å². The lowest BCUT2D eigenvalue weighted by Crippen LogP contribution is -2.24. The number of aliphatic hydroxyl groups excluding tert-OH is 1. The number of benzene rings is 1. The van der Waals surface area contributed by atoms with E-state index in [0.717, 1.165) is 6.26 Å². The summed E-state index contributed by atoms with van der Waals surface area (Å²) in [5, 5.41) is 9.45. The Morgan fingerprint density at radius 3 is 2.47 bits per heavy atom. The van der Waals surface area contributed by atoms with Crippen LogP contribution in [0.3, 0.4) is 0 Å². The highest BCUT2D eigenvalue weighted by atomic mass is 35.5. The van der Waals surface area contributed by atoms with Crippen LogP contribution >= 0.6 is 11.6 Å². The zero-order valence-corrected chi connectivity index (χ0v) is 10.1. The van der Waals surface area contributed by atoms with Crippen LogP contribution in [0.1, 0.15) is 18.6 Å². The van der Waals surface area contributed by atoms with Crippen LogP contribution < -0.4 is 0 Å². The fraction of sp³-hybridized carbons (Fsp3) is 0.400. The van der Waals surface area contributed by atoms with Crippen LogP contribution in [0.4, 0.5) is 0 Å². The molecule has 1 aromatic rings. The van der Waals surface area contributed by atoms with E-state index in [-0.39, 0.29) is 0 Å². The second-order valence-electron chi connectivity index (χ2n) is 3.53. The number of rotatable bonds is 3. The maximum Gasteiger partial charge on any atom is 0.152 e. The van der Waals surface area contributed by atoms with Gasteiger partial charge >= 0.3 is 0 Å². The van der Waals surface area contributed by atoms with Crippen LogP contribution in [0.25, 0.3) is 0 Å². The highest BCUT2D eigenvalue weighted by Gasteiger charge is 2.25. The van der Waals surface area contributed by atoms with E-state index in [2.05, 4.69) is 0 Å². The number of hydrogen-bond acceptors (Lipinski definition) is 3. The van der Waals surface area contributed by atoms with Crippen molar-refractivity contribution in [1.82, 2.24) is 0 Å². The van der Waals surface area contributed by atoms with Crippen molar-refractivity contribution >= 4 is 21.4 Å². The molecule has 0 heterocycles. The fourth-order valence-electron chi connectivity index (χ4n) is 1.20. The van der Waals surface area contributed by atoms with Gasteiger partial charge < -0.3 is 5.11 Å². The maximum absolute atomic E-state index is 11.2. The number of aliphatic hydroxyl groups is 1. The highest BCUT2D eigenvalue weighted by molar-refractivity contribution is 7.91. The average Bonchev–Trinajstić information content (AvgIpc) is 2.14. The lowest BCUT2D eigenvalue weighted by atomic mass is 10.1. The Kier molecular flexibility index (Phi) is 3.76. The van der Waals surface area contributed by atoms with Crippen molar-refractivity contribution in [2.45, 2.75) is 18.3 Å². The number of sulfone groups is 1. The lowest BCUT2D eigenvalue weighted by molar-refractivity contribution is 0.176. The van der Waals surface area contributed by atoms with Crippen LogP contribution in [0.15, 0.2) is 24.3 Å². The van der Waals surface area contributed by atoms with Gasteiger partial charge in [-0.3, -0.25) is 0 Å². The summed E-state index contributed by atoms with van der Waals surface area (Å²) < 4.78 is 22.5. The van der Waals surface area contributed by atoms with Gasteiger partial charge in [-0.25, -0.2) is 8.42 Å². The van der Waals surface area contributed by atoms with E-state index in [1.54, 1.807) is 24.3 Å². The predicted octanol–water partition coefficient (Wildman–Crippen LogP) is 1.81. The monoisotopic (exact) mass is 248 g/mol. The van der Waals surface area contributed by atoms with Crippen molar-refractivity contribution in [3.05, 3.63) is 34.9 Å². The summed E-state index contributed by atoms with van der Waals surface area (Å²) in [7, 11) is -3.26. The predicted molar refractivity (Wildman–Crippen MR) is 60.7 cm³/mol. The summed E-state index contributed by atoms with van der Waals surface area (Å²) in [5.74, 6) is 0. The Balaban J connectivity index is 3.00. The molecule has 0 unspecified atom stereocenters. The Morgan fingerprint density at radius 1 is 1.40 bits per heavy atom.